The van der Waals surface area contributed by atoms with Crippen molar-refractivity contribution in [3.63, 3.8) is 0 Å². The third-order valence-corrected chi connectivity index (χ3v) is 3.86. The van der Waals surface area contributed by atoms with Crippen LogP contribution >= 0.6 is 23.4 Å². The Morgan fingerprint density at radius 2 is 2.10 bits per heavy atom. The molecule has 3 N–H and O–H groups in total. The summed E-state index contributed by atoms with van der Waals surface area (Å²) >= 11 is 7.13. The first-order chi connectivity index (χ1) is 9.56. The van der Waals surface area contributed by atoms with E-state index in [4.69, 9.17) is 17.3 Å². The average Bonchev–Trinajstić information content (AvgIpc) is 2.44. The zero-order valence-corrected chi connectivity index (χ0v) is 12.4. The number of para-hydroxylation sites is 2. The van der Waals surface area contributed by atoms with Gasteiger partial charge in [0.1, 0.15) is 0 Å². The minimum atomic E-state index is -0.289. The van der Waals surface area contributed by atoms with Gasteiger partial charge < -0.3 is 11.1 Å². The molecule has 6 heteroatoms. The van der Waals surface area contributed by atoms with Crippen LogP contribution in [-0.2, 0) is 4.79 Å². The van der Waals surface area contributed by atoms with Gasteiger partial charge in [-0.25, -0.2) is 4.98 Å². The Kier molecular flexibility index (Phi) is 4.87. The van der Waals surface area contributed by atoms with Gasteiger partial charge in [-0.1, -0.05) is 35.5 Å². The molecule has 0 bridgehead atoms. The van der Waals surface area contributed by atoms with Gasteiger partial charge in [-0.3, -0.25) is 4.79 Å². The Balaban J connectivity index is 1.99. The fourth-order valence-electron chi connectivity index (χ4n) is 1.51. The van der Waals surface area contributed by atoms with Crippen molar-refractivity contribution in [1.82, 2.24) is 4.98 Å². The van der Waals surface area contributed by atoms with Crippen LogP contribution < -0.4 is 11.1 Å². The van der Waals surface area contributed by atoms with Gasteiger partial charge in [-0.2, -0.15) is 0 Å². The van der Waals surface area contributed by atoms with E-state index in [0.29, 0.717) is 16.4 Å². The first-order valence-electron chi connectivity index (χ1n) is 6.00. The Bertz CT molecular complexity index is 604. The molecule has 0 saturated carbocycles. The second kappa shape index (κ2) is 6.63. The van der Waals surface area contributed by atoms with Gasteiger partial charge in [0.25, 0.3) is 0 Å². The molecule has 4 nitrogen and oxygen atoms in total. The second-order valence-electron chi connectivity index (χ2n) is 4.15. The summed E-state index contributed by atoms with van der Waals surface area (Å²) in [6, 6.07) is 10.7. The number of hydrogen-bond donors (Lipinski definition) is 2. The molecule has 1 amide bonds. The van der Waals surface area contributed by atoms with E-state index in [1.165, 1.54) is 11.8 Å². The van der Waals surface area contributed by atoms with Crippen LogP contribution in [-0.4, -0.2) is 16.1 Å². The molecule has 0 aliphatic rings. The lowest BCUT2D eigenvalue weighted by Gasteiger charge is -2.12. The van der Waals surface area contributed by atoms with E-state index < -0.39 is 0 Å². The highest BCUT2D eigenvalue weighted by atomic mass is 35.5. The summed E-state index contributed by atoms with van der Waals surface area (Å²) in [6.45, 7) is 1.81. The fourth-order valence-corrected chi connectivity index (χ4v) is 2.41. The molecule has 1 atom stereocenters. The lowest BCUT2D eigenvalue weighted by Crippen LogP contribution is -2.23. The van der Waals surface area contributed by atoms with Crippen molar-refractivity contribution < 1.29 is 4.79 Å². The van der Waals surface area contributed by atoms with Gasteiger partial charge in [-0.05, 0) is 31.2 Å². The Morgan fingerprint density at radius 1 is 1.35 bits per heavy atom. The fraction of sp³-hybridized carbons (Fsp3) is 0.143. The number of nitrogens with two attached hydrogens (primary N) is 1. The molecule has 20 heavy (non-hydrogen) atoms. The van der Waals surface area contributed by atoms with E-state index in [9.17, 15) is 4.79 Å². The summed E-state index contributed by atoms with van der Waals surface area (Å²) in [5.41, 5.74) is 6.95. The Hall–Kier alpha value is -1.72. The van der Waals surface area contributed by atoms with E-state index >= 15 is 0 Å². The molecular formula is C14H14ClN3OS. The van der Waals surface area contributed by atoms with Crippen molar-refractivity contribution in [2.75, 3.05) is 11.1 Å². The topological polar surface area (TPSA) is 68.0 Å². The molecule has 0 fully saturated rings. The number of pyridine rings is 1. The zero-order chi connectivity index (χ0) is 14.5. The normalized spacial score (nSPS) is 11.9. The minimum Gasteiger partial charge on any atom is -0.397 e. The van der Waals surface area contributed by atoms with Crippen LogP contribution in [0, 0.1) is 0 Å². The summed E-state index contributed by atoms with van der Waals surface area (Å²) < 4.78 is 0. The molecule has 0 aliphatic carbocycles. The molecule has 2 aromatic rings. The number of benzene rings is 1. The average molecular weight is 308 g/mol. The van der Waals surface area contributed by atoms with Gasteiger partial charge in [0.2, 0.25) is 5.91 Å². The monoisotopic (exact) mass is 307 g/mol. The number of carbonyl (C=O) groups excluding carboxylic acids is 1. The maximum Gasteiger partial charge on any atom is 0.237 e. The number of thioether (sulfide) groups is 1. The van der Waals surface area contributed by atoms with Crippen molar-refractivity contribution >= 4 is 40.6 Å². The molecular weight excluding hydrogens is 294 g/mol. The molecule has 104 valence electrons. The zero-order valence-electron chi connectivity index (χ0n) is 10.8. The summed E-state index contributed by atoms with van der Waals surface area (Å²) in [5, 5.41) is 3.84. The van der Waals surface area contributed by atoms with Crippen molar-refractivity contribution in [1.29, 1.82) is 0 Å². The highest BCUT2D eigenvalue weighted by Gasteiger charge is 2.16. The van der Waals surface area contributed by atoms with Crippen LogP contribution in [0.25, 0.3) is 0 Å². The number of aromatic nitrogens is 1. The van der Waals surface area contributed by atoms with Crippen LogP contribution in [0.2, 0.25) is 5.02 Å². The van der Waals surface area contributed by atoms with Crippen LogP contribution in [0.5, 0.6) is 0 Å². The van der Waals surface area contributed by atoms with Crippen molar-refractivity contribution in [3.05, 3.63) is 47.6 Å². The molecule has 0 saturated heterocycles. The Morgan fingerprint density at radius 3 is 2.75 bits per heavy atom. The second-order valence-corrected chi connectivity index (χ2v) is 5.95. The number of rotatable bonds is 4. The SMILES string of the molecule is CC(Sc1ccc(Cl)cn1)C(=O)Nc1ccccc1N. The largest absolute Gasteiger partial charge is 0.397 e. The number of nitrogens with one attached hydrogen (secondary N) is 1. The molecule has 0 aliphatic heterocycles. The maximum absolute atomic E-state index is 12.1. The van der Waals surface area contributed by atoms with Gasteiger partial charge in [-0.15, -0.1) is 0 Å². The maximum atomic E-state index is 12.1. The quantitative estimate of drug-likeness (QED) is 0.670. The van der Waals surface area contributed by atoms with Crippen molar-refractivity contribution in [2.24, 2.45) is 0 Å². The van der Waals surface area contributed by atoms with Gasteiger partial charge in [0, 0.05) is 6.20 Å². The van der Waals surface area contributed by atoms with Crippen LogP contribution in [0.1, 0.15) is 6.92 Å². The predicted molar refractivity (Wildman–Crippen MR) is 84.1 cm³/mol. The summed E-state index contributed by atoms with van der Waals surface area (Å²) in [6.07, 6.45) is 1.56. The van der Waals surface area contributed by atoms with E-state index in [1.54, 1.807) is 30.5 Å². The number of anilines is 2. The molecule has 2 rings (SSSR count). The third-order valence-electron chi connectivity index (χ3n) is 2.59. The highest BCUT2D eigenvalue weighted by Crippen LogP contribution is 2.24. The first-order valence-corrected chi connectivity index (χ1v) is 7.25. The van der Waals surface area contributed by atoms with Crippen molar-refractivity contribution in [2.45, 2.75) is 17.2 Å². The molecule has 1 aromatic carbocycles. The number of halogens is 1. The predicted octanol–water partition coefficient (Wildman–Crippen LogP) is 3.44. The summed E-state index contributed by atoms with van der Waals surface area (Å²) in [5.74, 6) is -0.121. The molecule has 1 unspecified atom stereocenters. The molecule has 1 heterocycles. The van der Waals surface area contributed by atoms with E-state index in [-0.39, 0.29) is 11.2 Å². The summed E-state index contributed by atoms with van der Waals surface area (Å²) in [7, 11) is 0. The summed E-state index contributed by atoms with van der Waals surface area (Å²) in [4.78, 5) is 16.2. The number of hydrogen-bond acceptors (Lipinski definition) is 4. The van der Waals surface area contributed by atoms with E-state index in [1.807, 2.05) is 19.1 Å². The molecule has 1 aromatic heterocycles. The first kappa shape index (κ1) is 14.7. The minimum absolute atomic E-state index is 0.121. The van der Waals surface area contributed by atoms with E-state index in [2.05, 4.69) is 10.3 Å². The van der Waals surface area contributed by atoms with Gasteiger partial charge in [0.05, 0.1) is 26.7 Å². The molecule has 0 spiro atoms. The third kappa shape index (κ3) is 3.88. The number of carbonyl (C=O) groups is 1. The standard InChI is InChI=1S/C14H14ClN3OS/c1-9(20-13-7-6-10(15)8-17-13)14(19)18-12-5-3-2-4-11(12)16/h2-9H,16H2,1H3,(H,18,19). The Labute approximate surface area is 126 Å². The van der Waals surface area contributed by atoms with Crippen molar-refractivity contribution in [3.8, 4) is 0 Å². The van der Waals surface area contributed by atoms with Gasteiger partial charge in [0.15, 0.2) is 0 Å². The number of amides is 1. The smallest absolute Gasteiger partial charge is 0.237 e. The molecule has 0 radical (unpaired) electrons. The number of nitrogen functional groups attached to an aromatic ring is 1. The van der Waals surface area contributed by atoms with E-state index in [0.717, 1.165) is 5.03 Å². The lowest BCUT2D eigenvalue weighted by molar-refractivity contribution is -0.115. The van der Waals surface area contributed by atoms with Crippen LogP contribution in [0.3, 0.4) is 0 Å². The van der Waals surface area contributed by atoms with Gasteiger partial charge >= 0.3 is 0 Å². The van der Waals surface area contributed by atoms with Crippen LogP contribution in [0.15, 0.2) is 47.6 Å². The lowest BCUT2D eigenvalue weighted by atomic mass is 10.2. The number of nitrogens with zero attached hydrogens (tertiary/aromatic N) is 1. The highest BCUT2D eigenvalue weighted by molar-refractivity contribution is 8.00. The van der Waals surface area contributed by atoms with Crippen LogP contribution in [0.4, 0.5) is 11.4 Å².